The van der Waals surface area contributed by atoms with Gasteiger partial charge in [0.15, 0.2) is 11.6 Å². The first-order valence-electron chi connectivity index (χ1n) is 10.4. The first-order valence-corrected chi connectivity index (χ1v) is 11.2. The largest absolute Gasteiger partial charge is 0.351 e. The molecule has 2 unspecified atom stereocenters. The smallest absolute Gasteiger partial charge is 0.278 e. The molecule has 0 aromatic heterocycles. The molecule has 3 N–H and O–H groups in total. The highest BCUT2D eigenvalue weighted by atomic mass is 32.2. The summed E-state index contributed by atoms with van der Waals surface area (Å²) in [4.78, 5) is 50.0. The number of rotatable bonds is 7. The molecule has 4 rings (SSSR count). The van der Waals surface area contributed by atoms with Crippen molar-refractivity contribution in [1.82, 2.24) is 14.9 Å². The fourth-order valence-corrected chi connectivity index (χ4v) is 4.35. The predicted octanol–water partition coefficient (Wildman–Crippen LogP) is 2.79. The molecular weight excluding hydrogens is 466 g/mol. The summed E-state index contributed by atoms with van der Waals surface area (Å²) >= 11 is 1.15. The van der Waals surface area contributed by atoms with E-state index in [-0.39, 0.29) is 24.6 Å². The molecule has 11 heteroatoms. The van der Waals surface area contributed by atoms with Gasteiger partial charge in [-0.1, -0.05) is 12.1 Å². The summed E-state index contributed by atoms with van der Waals surface area (Å²) in [5, 5.41) is 5.07. The van der Waals surface area contributed by atoms with Crippen molar-refractivity contribution in [2.75, 3.05) is 5.32 Å². The third-order valence-corrected chi connectivity index (χ3v) is 6.35. The van der Waals surface area contributed by atoms with Gasteiger partial charge in [0.25, 0.3) is 11.8 Å². The number of nitrogens with zero attached hydrogens (tertiary/aromatic N) is 1. The van der Waals surface area contributed by atoms with Crippen LogP contribution < -0.4 is 15.4 Å². The number of benzene rings is 2. The van der Waals surface area contributed by atoms with Crippen LogP contribution in [0.1, 0.15) is 31.4 Å². The van der Waals surface area contributed by atoms with E-state index in [2.05, 4.69) is 15.4 Å². The average molecular weight is 487 g/mol. The van der Waals surface area contributed by atoms with Crippen LogP contribution in [0.2, 0.25) is 0 Å². The van der Waals surface area contributed by atoms with E-state index in [9.17, 15) is 28.0 Å². The normalized spacial score (nSPS) is 19.2. The lowest BCUT2D eigenvalue weighted by atomic mass is 10.0. The van der Waals surface area contributed by atoms with Crippen molar-refractivity contribution >= 4 is 41.3 Å². The lowest BCUT2D eigenvalue weighted by Gasteiger charge is -2.28. The Morgan fingerprint density at radius 3 is 2.62 bits per heavy atom. The third-order valence-electron chi connectivity index (χ3n) is 5.39. The number of imide groups is 2. The molecule has 8 nitrogen and oxygen atoms in total. The van der Waals surface area contributed by atoms with Gasteiger partial charge in [-0.05, 0) is 61.2 Å². The number of halogens is 2. The van der Waals surface area contributed by atoms with Crippen LogP contribution in [-0.4, -0.2) is 34.6 Å². The molecule has 2 aliphatic rings. The van der Waals surface area contributed by atoms with Crippen LogP contribution in [0.3, 0.4) is 0 Å². The highest BCUT2D eigenvalue weighted by Crippen LogP contribution is 2.26. The summed E-state index contributed by atoms with van der Waals surface area (Å²) in [5.41, 5.74) is 1.39. The van der Waals surface area contributed by atoms with E-state index in [1.54, 1.807) is 18.2 Å². The van der Waals surface area contributed by atoms with Crippen LogP contribution >= 0.6 is 11.9 Å². The first kappa shape index (κ1) is 23.6. The van der Waals surface area contributed by atoms with Crippen molar-refractivity contribution in [3.05, 3.63) is 71.4 Å². The zero-order valence-electron chi connectivity index (χ0n) is 17.9. The summed E-state index contributed by atoms with van der Waals surface area (Å²) < 4.78 is 29.6. The first-order chi connectivity index (χ1) is 16.2. The number of carbonyl (C=O) groups excluding carboxylic acids is 4. The molecule has 0 aliphatic carbocycles. The van der Waals surface area contributed by atoms with Crippen LogP contribution in [0, 0.1) is 11.6 Å². The maximum atomic E-state index is 13.4. The van der Waals surface area contributed by atoms with E-state index in [0.29, 0.717) is 10.6 Å². The van der Waals surface area contributed by atoms with Gasteiger partial charge in [-0.25, -0.2) is 8.78 Å². The molecule has 2 atom stereocenters. The van der Waals surface area contributed by atoms with E-state index in [1.807, 2.05) is 13.0 Å². The molecule has 2 aromatic carbocycles. The van der Waals surface area contributed by atoms with Crippen LogP contribution in [0.4, 0.5) is 14.5 Å². The number of anilines is 1. The van der Waals surface area contributed by atoms with Gasteiger partial charge in [0.1, 0.15) is 11.7 Å². The Labute approximate surface area is 197 Å². The number of nitrogens with one attached hydrogen (secondary N) is 3. The van der Waals surface area contributed by atoms with Crippen molar-refractivity contribution in [3.8, 4) is 0 Å². The zero-order chi connectivity index (χ0) is 24.4. The Morgan fingerprint density at radius 2 is 1.88 bits per heavy atom. The Hall–Kier alpha value is -3.57. The molecule has 176 valence electrons. The van der Waals surface area contributed by atoms with E-state index in [4.69, 9.17) is 0 Å². The lowest BCUT2D eigenvalue weighted by molar-refractivity contribution is -0.149. The molecule has 4 amide bonds. The van der Waals surface area contributed by atoms with E-state index >= 15 is 0 Å². The molecule has 0 radical (unpaired) electrons. The Balaban J connectivity index is 1.41. The quantitative estimate of drug-likeness (QED) is 0.408. The standard InChI is InChI=1S/C23H20F2N4O4S/c1-12(28-34-15-5-6-16(24)17(25)10-15)13-3-2-4-14(9-13)26-18-11-21(31)29(23(18)33)19-7-8-20(30)27-22(19)32/h2-6,9-12,19,26,28H,7-8H2,1H3,(H,27,30,32). The van der Waals surface area contributed by atoms with Crippen molar-refractivity contribution in [3.63, 3.8) is 0 Å². The zero-order valence-corrected chi connectivity index (χ0v) is 18.7. The van der Waals surface area contributed by atoms with Crippen molar-refractivity contribution in [2.24, 2.45) is 0 Å². The number of hydrogen-bond donors (Lipinski definition) is 3. The summed E-state index contributed by atoms with van der Waals surface area (Å²) in [5.74, 6) is -4.23. The van der Waals surface area contributed by atoms with Gasteiger partial charge >= 0.3 is 0 Å². The van der Waals surface area contributed by atoms with Gasteiger partial charge < -0.3 is 5.32 Å². The molecule has 1 saturated heterocycles. The minimum Gasteiger partial charge on any atom is -0.351 e. The van der Waals surface area contributed by atoms with Gasteiger partial charge in [0.2, 0.25) is 11.8 Å². The SMILES string of the molecule is CC(NSc1ccc(F)c(F)c1)c1cccc(NC2=CC(=O)N(C3CCC(=O)NC3=O)C2=O)c1. The highest BCUT2D eigenvalue weighted by Gasteiger charge is 2.42. The second-order valence-corrected chi connectivity index (χ2v) is 8.72. The topological polar surface area (TPSA) is 108 Å². The summed E-state index contributed by atoms with van der Waals surface area (Å²) in [6, 6.07) is 9.48. The van der Waals surface area contributed by atoms with Gasteiger partial charge in [-0.3, -0.25) is 34.1 Å². The minimum absolute atomic E-state index is 0.0172. The van der Waals surface area contributed by atoms with Crippen LogP contribution in [0.5, 0.6) is 0 Å². The van der Waals surface area contributed by atoms with E-state index in [0.717, 1.165) is 40.6 Å². The summed E-state index contributed by atoms with van der Waals surface area (Å²) in [7, 11) is 0. The molecule has 2 aromatic rings. The Bertz CT molecular complexity index is 1220. The van der Waals surface area contributed by atoms with Crippen LogP contribution in [-0.2, 0) is 19.2 Å². The maximum absolute atomic E-state index is 13.4. The number of hydrogen-bond acceptors (Lipinski definition) is 7. The van der Waals surface area contributed by atoms with Gasteiger partial charge in [0.05, 0.1) is 0 Å². The Kier molecular flexibility index (Phi) is 6.75. The predicted molar refractivity (Wildman–Crippen MR) is 120 cm³/mol. The van der Waals surface area contributed by atoms with E-state index in [1.165, 1.54) is 6.07 Å². The van der Waals surface area contributed by atoms with Crippen molar-refractivity contribution < 1.29 is 28.0 Å². The lowest BCUT2D eigenvalue weighted by Crippen LogP contribution is -2.54. The molecule has 2 aliphatic heterocycles. The van der Waals surface area contributed by atoms with Gasteiger partial charge in [-0.15, -0.1) is 0 Å². The highest BCUT2D eigenvalue weighted by molar-refractivity contribution is 7.97. The average Bonchev–Trinajstić information content (AvgIpc) is 3.07. The van der Waals surface area contributed by atoms with Gasteiger partial charge in [-0.2, -0.15) is 0 Å². The van der Waals surface area contributed by atoms with Crippen molar-refractivity contribution in [2.45, 2.75) is 36.7 Å². The number of carbonyl (C=O) groups is 4. The molecule has 0 saturated carbocycles. The molecular formula is C23H20F2N4O4S. The number of piperidine rings is 1. The second-order valence-electron chi connectivity index (χ2n) is 7.81. The number of amides is 4. The Morgan fingerprint density at radius 1 is 1.09 bits per heavy atom. The van der Waals surface area contributed by atoms with Gasteiger partial charge in [0, 0.05) is 29.1 Å². The van der Waals surface area contributed by atoms with Crippen LogP contribution in [0.15, 0.2) is 59.1 Å². The molecule has 0 spiro atoms. The van der Waals surface area contributed by atoms with E-state index < -0.39 is 41.3 Å². The second kappa shape index (κ2) is 9.74. The molecule has 0 bridgehead atoms. The molecule has 34 heavy (non-hydrogen) atoms. The minimum atomic E-state index is -1.03. The maximum Gasteiger partial charge on any atom is 0.278 e. The fraction of sp³-hybridized carbons (Fsp3) is 0.217. The summed E-state index contributed by atoms with van der Waals surface area (Å²) in [6.45, 7) is 1.88. The summed E-state index contributed by atoms with van der Waals surface area (Å²) in [6.07, 6.45) is 1.25. The fourth-order valence-electron chi connectivity index (χ4n) is 3.60. The monoisotopic (exact) mass is 486 g/mol. The third kappa shape index (κ3) is 5.00. The van der Waals surface area contributed by atoms with Crippen molar-refractivity contribution in [1.29, 1.82) is 0 Å². The van der Waals surface area contributed by atoms with Crippen LogP contribution in [0.25, 0.3) is 0 Å². The molecule has 2 heterocycles. The molecule has 1 fully saturated rings.